The van der Waals surface area contributed by atoms with Gasteiger partial charge >= 0.3 is 6.01 Å². The number of aromatic nitrogens is 2. The van der Waals surface area contributed by atoms with E-state index in [0.717, 1.165) is 73.2 Å². The smallest absolute Gasteiger partial charge is 0.318 e. The number of hydrogen-bond acceptors (Lipinski definition) is 8. The van der Waals surface area contributed by atoms with E-state index in [1.165, 1.54) is 0 Å². The summed E-state index contributed by atoms with van der Waals surface area (Å²) in [5.74, 6) is 0.758. The van der Waals surface area contributed by atoms with Crippen molar-refractivity contribution in [3.05, 3.63) is 47.7 Å². The molecular weight excluding hydrogens is 418 g/mol. The summed E-state index contributed by atoms with van der Waals surface area (Å²) in [5.41, 5.74) is 9.18. The molecule has 1 saturated heterocycles. The molecule has 0 spiro atoms. The first-order valence-electron chi connectivity index (χ1n) is 11.6. The van der Waals surface area contributed by atoms with Gasteiger partial charge in [0.05, 0.1) is 18.8 Å². The highest BCUT2D eigenvalue weighted by Crippen LogP contribution is 2.35. The number of fused-ring (bicyclic) bond motifs is 2. The van der Waals surface area contributed by atoms with Crippen LogP contribution in [0.25, 0.3) is 10.8 Å². The number of nitrogen functional groups attached to an aromatic ring is 1. The number of ether oxygens (including phenoxy) is 2. The average Bonchev–Trinajstić information content (AvgIpc) is 3.27. The lowest BCUT2D eigenvalue weighted by molar-refractivity contribution is 0.116. The largest absolute Gasteiger partial charge is 0.508 e. The Kier molecular flexibility index (Phi) is 6.20. The summed E-state index contributed by atoms with van der Waals surface area (Å²) in [5, 5.41) is 12.4. The lowest BCUT2D eigenvalue weighted by Gasteiger charge is -2.31. The van der Waals surface area contributed by atoms with Gasteiger partial charge in [0.1, 0.15) is 18.2 Å². The fourth-order valence-electron chi connectivity index (χ4n) is 5.00. The van der Waals surface area contributed by atoms with Crippen LogP contribution in [0.2, 0.25) is 0 Å². The molecule has 8 nitrogen and oxygen atoms in total. The second-order valence-corrected chi connectivity index (χ2v) is 8.81. The maximum absolute atomic E-state index is 10.3. The molecule has 1 fully saturated rings. The Hall–Kier alpha value is -3.10. The lowest BCUT2D eigenvalue weighted by atomic mass is 10.0. The molecule has 0 unspecified atom stereocenters. The Morgan fingerprint density at radius 2 is 2.06 bits per heavy atom. The predicted molar refractivity (Wildman–Crippen MR) is 129 cm³/mol. The molecule has 5 rings (SSSR count). The van der Waals surface area contributed by atoms with Crippen molar-refractivity contribution >= 4 is 22.3 Å². The summed E-state index contributed by atoms with van der Waals surface area (Å²) in [6.07, 6.45) is 3.01. The normalized spacial score (nSPS) is 18.6. The molecule has 8 heteroatoms. The molecule has 0 radical (unpaired) electrons. The summed E-state index contributed by atoms with van der Waals surface area (Å²) in [6, 6.07) is 12.4. The number of phenolic OH excluding ortho intramolecular Hbond substituents is 1. The Balaban J connectivity index is 1.34. The van der Waals surface area contributed by atoms with Gasteiger partial charge in [-0.3, -0.25) is 4.90 Å². The molecule has 33 heavy (non-hydrogen) atoms. The van der Waals surface area contributed by atoms with Crippen molar-refractivity contribution in [2.24, 2.45) is 0 Å². The van der Waals surface area contributed by atoms with E-state index in [4.69, 9.17) is 20.2 Å². The average molecular weight is 450 g/mol. The van der Waals surface area contributed by atoms with E-state index in [9.17, 15) is 5.11 Å². The fourth-order valence-corrected chi connectivity index (χ4v) is 5.00. The van der Waals surface area contributed by atoms with Gasteiger partial charge in [-0.05, 0) is 37.3 Å². The number of hydrogen-bond donors (Lipinski definition) is 2. The molecule has 3 N–H and O–H groups in total. The van der Waals surface area contributed by atoms with Gasteiger partial charge in [-0.15, -0.1) is 0 Å². The van der Waals surface area contributed by atoms with Gasteiger partial charge in [0.15, 0.2) is 0 Å². The Morgan fingerprint density at radius 3 is 2.94 bits per heavy atom. The van der Waals surface area contributed by atoms with E-state index in [1.807, 2.05) is 24.3 Å². The van der Waals surface area contributed by atoms with Crippen LogP contribution in [0.1, 0.15) is 24.1 Å². The number of nitrogens with two attached hydrogens (primary N) is 1. The molecule has 2 aliphatic rings. The summed E-state index contributed by atoms with van der Waals surface area (Å²) in [7, 11) is 1.73. The van der Waals surface area contributed by atoms with E-state index >= 15 is 0 Å². The minimum absolute atomic E-state index is 0.260. The number of methoxy groups -OCH3 is 1. The Morgan fingerprint density at radius 1 is 1.18 bits per heavy atom. The minimum atomic E-state index is 0.260. The molecule has 0 saturated carbocycles. The highest BCUT2D eigenvalue weighted by Gasteiger charge is 2.27. The first kappa shape index (κ1) is 21.7. The maximum Gasteiger partial charge on any atom is 0.318 e. The van der Waals surface area contributed by atoms with Gasteiger partial charge < -0.3 is 25.2 Å². The van der Waals surface area contributed by atoms with Crippen molar-refractivity contribution in [3.63, 3.8) is 0 Å². The molecule has 0 amide bonds. The van der Waals surface area contributed by atoms with Gasteiger partial charge in [0.2, 0.25) is 0 Å². The van der Waals surface area contributed by atoms with Crippen LogP contribution in [0.5, 0.6) is 11.8 Å². The van der Waals surface area contributed by atoms with E-state index in [0.29, 0.717) is 31.0 Å². The summed E-state index contributed by atoms with van der Waals surface area (Å²) < 4.78 is 11.3. The monoisotopic (exact) mass is 449 g/mol. The van der Waals surface area contributed by atoms with Gasteiger partial charge in [-0.25, -0.2) is 0 Å². The first-order valence-corrected chi connectivity index (χ1v) is 11.6. The zero-order chi connectivity index (χ0) is 22.8. The van der Waals surface area contributed by atoms with Gasteiger partial charge in [-0.2, -0.15) is 9.97 Å². The summed E-state index contributed by atoms with van der Waals surface area (Å²) in [4.78, 5) is 13.8. The first-order chi connectivity index (χ1) is 16.1. The van der Waals surface area contributed by atoms with Crippen LogP contribution in [0.3, 0.4) is 0 Å². The highest BCUT2D eigenvalue weighted by molar-refractivity contribution is 5.95. The van der Waals surface area contributed by atoms with Gasteiger partial charge in [-0.1, -0.05) is 24.3 Å². The van der Waals surface area contributed by atoms with Crippen molar-refractivity contribution in [1.29, 1.82) is 0 Å². The number of nitrogens with zero attached hydrogens (tertiary/aromatic N) is 4. The molecule has 3 heterocycles. The Labute approximate surface area is 193 Å². The number of aromatic hydroxyl groups is 1. The van der Waals surface area contributed by atoms with E-state index in [1.54, 1.807) is 13.2 Å². The summed E-state index contributed by atoms with van der Waals surface area (Å²) in [6.45, 7) is 4.61. The third-order valence-corrected chi connectivity index (χ3v) is 6.73. The van der Waals surface area contributed by atoms with Crippen molar-refractivity contribution in [2.75, 3.05) is 50.6 Å². The highest BCUT2D eigenvalue weighted by atomic mass is 16.5. The van der Waals surface area contributed by atoms with Crippen LogP contribution >= 0.6 is 0 Å². The minimum Gasteiger partial charge on any atom is -0.508 e. The van der Waals surface area contributed by atoms with Crippen LogP contribution in [0, 0.1) is 0 Å². The molecular formula is C25H31N5O3. The maximum atomic E-state index is 10.3. The number of phenols is 1. The number of anilines is 2. The molecule has 1 aromatic heterocycles. The molecule has 0 bridgehead atoms. The third kappa shape index (κ3) is 4.54. The number of rotatable bonds is 7. The standard InChI is InChI=1S/C25H31N5O3/c1-32-12-11-29-9-4-6-18(29)16-33-25-27-22-15-30(10-8-21(22)24(26)28-25)23-14-19(31)13-17-5-2-3-7-20(17)23/h2-3,5,7,13-14,18,31H,4,6,8-12,15-16H2,1H3,(H2,26,27,28)/t18-/m0/s1. The number of likely N-dealkylation sites (tertiary alicyclic amines) is 1. The molecule has 2 aliphatic heterocycles. The van der Waals surface area contributed by atoms with E-state index in [2.05, 4.69) is 20.9 Å². The second-order valence-electron chi connectivity index (χ2n) is 8.81. The predicted octanol–water partition coefficient (Wildman–Crippen LogP) is 2.97. The zero-order valence-electron chi connectivity index (χ0n) is 19.0. The van der Waals surface area contributed by atoms with Crippen LogP contribution in [-0.4, -0.2) is 66.0 Å². The third-order valence-electron chi connectivity index (χ3n) is 6.73. The van der Waals surface area contributed by atoms with E-state index in [-0.39, 0.29) is 5.75 Å². The quantitative estimate of drug-likeness (QED) is 0.568. The van der Waals surface area contributed by atoms with Crippen molar-refractivity contribution in [2.45, 2.75) is 31.8 Å². The van der Waals surface area contributed by atoms with Crippen molar-refractivity contribution < 1.29 is 14.6 Å². The molecule has 174 valence electrons. The van der Waals surface area contributed by atoms with Crippen LogP contribution in [0.15, 0.2) is 36.4 Å². The second kappa shape index (κ2) is 9.41. The van der Waals surface area contributed by atoms with Crippen LogP contribution in [0.4, 0.5) is 11.5 Å². The Bertz CT molecular complexity index is 1140. The van der Waals surface area contributed by atoms with Crippen LogP contribution in [-0.2, 0) is 17.7 Å². The van der Waals surface area contributed by atoms with Crippen LogP contribution < -0.4 is 15.4 Å². The summed E-state index contributed by atoms with van der Waals surface area (Å²) >= 11 is 0. The lowest BCUT2D eigenvalue weighted by Crippen LogP contribution is -2.36. The topological polar surface area (TPSA) is 97.0 Å². The number of benzene rings is 2. The molecule has 2 aromatic carbocycles. The SMILES string of the molecule is COCCN1CCC[C@H]1COc1nc(N)c2c(n1)CN(c1cc(O)cc3ccccc13)CC2. The van der Waals surface area contributed by atoms with E-state index < -0.39 is 0 Å². The van der Waals surface area contributed by atoms with Gasteiger partial charge in [0, 0.05) is 48.9 Å². The molecule has 3 aromatic rings. The molecule has 0 aliphatic carbocycles. The van der Waals surface area contributed by atoms with Gasteiger partial charge in [0.25, 0.3) is 0 Å². The van der Waals surface area contributed by atoms with Crippen molar-refractivity contribution in [1.82, 2.24) is 14.9 Å². The zero-order valence-corrected chi connectivity index (χ0v) is 19.0. The van der Waals surface area contributed by atoms with Crippen molar-refractivity contribution in [3.8, 4) is 11.8 Å². The molecule has 1 atom stereocenters. The fraction of sp³-hybridized carbons (Fsp3) is 0.440.